The number of nitrogens with zero attached hydrogens (tertiary/aromatic N) is 1. The molecule has 0 fully saturated rings. The molecule has 2 nitrogen and oxygen atoms in total. The van der Waals surface area contributed by atoms with Gasteiger partial charge in [0.15, 0.2) is 13.4 Å². The molecular formula is C47H62B29NO. The van der Waals surface area contributed by atoms with E-state index in [-0.39, 0.29) is 0 Å². The van der Waals surface area contributed by atoms with Crippen LogP contribution in [0.1, 0.15) is 5.56 Å². The van der Waals surface area contributed by atoms with Gasteiger partial charge in [-0.25, -0.2) is 0 Å². The summed E-state index contributed by atoms with van der Waals surface area (Å²) in [5.41, 5.74) is 50.0. The van der Waals surface area contributed by atoms with Crippen LogP contribution in [0.15, 0.2) is 26.9 Å². The van der Waals surface area contributed by atoms with Crippen LogP contribution < -0.4 is 147 Å². The molecule has 0 aliphatic heterocycles. The second kappa shape index (κ2) is 21.3. The molecule has 8 rings (SSSR count). The number of benzene rings is 7. The molecule has 8 aromatic rings. The van der Waals surface area contributed by atoms with Crippen molar-refractivity contribution in [2.45, 2.75) is 0 Å². The monoisotopic (exact) mass is 976 g/mol. The van der Waals surface area contributed by atoms with Crippen LogP contribution in [0.25, 0.3) is 60.5 Å². The molecule has 0 spiro atoms. The maximum atomic E-state index is 7.51. The van der Waals surface area contributed by atoms with Crippen LogP contribution in [0.3, 0.4) is 0 Å². The Bertz CT molecular complexity index is 4160. The van der Waals surface area contributed by atoms with E-state index in [0.29, 0.717) is 6.54 Å². The van der Waals surface area contributed by atoms with Crippen molar-refractivity contribution in [3.05, 3.63) is 28.0 Å². The van der Waals surface area contributed by atoms with E-state index in [1.54, 1.807) is 0 Å². The van der Waals surface area contributed by atoms with E-state index in [2.05, 4.69) is 244 Å². The van der Waals surface area contributed by atoms with E-state index in [1.165, 1.54) is 208 Å². The number of terminal acetylenes is 1. The molecule has 0 atom stereocenters. The lowest BCUT2D eigenvalue weighted by molar-refractivity contribution is 0.672. The number of hydrogen-bond donors (Lipinski definition) is 0. The first-order valence-corrected chi connectivity index (χ1v) is 28.6. The zero-order valence-electron chi connectivity index (χ0n) is 53.7. The third kappa shape index (κ3) is 8.70. The van der Waals surface area contributed by atoms with Crippen molar-refractivity contribution < 1.29 is 4.42 Å². The smallest absolute Gasteiger partial charge is 0.157 e. The lowest BCUT2D eigenvalue weighted by Crippen LogP contribution is -2.57. The zero-order valence-corrected chi connectivity index (χ0v) is 53.7. The summed E-state index contributed by atoms with van der Waals surface area (Å²) < 4.78 is 7.51. The number of fused-ring (bicyclic) bond motifs is 4. The zero-order chi connectivity index (χ0) is 58.2. The molecule has 0 aliphatic carbocycles. The fraction of sp³-hybridized carbons (Fsp3) is 0.0213. The van der Waals surface area contributed by atoms with Gasteiger partial charge in [-0.3, -0.25) is 0 Å². The molecule has 0 N–H and O–H groups in total. The summed E-state index contributed by atoms with van der Waals surface area (Å²) in [6, 6.07) is 2.41. The third-order valence-electron chi connectivity index (χ3n) is 21.1. The van der Waals surface area contributed by atoms with Crippen molar-refractivity contribution in [2.24, 2.45) is 0 Å². The molecule has 0 saturated carbocycles. The molecule has 0 unspecified atom stereocenters. The molecule has 348 valence electrons. The SMILES string of the molecule is B/C(CN(c1c(B)c(B)c(B)c(-c2c(B)c(B)c(B)c(-c3c(B)c(B)c(B)c(B)c3B)c2B)c1B)c1c(B)c(B)c(B)c2c1oc1c(B)c(B)c(B)c(B)c12)=C(B)/C(=C(/B)C#C)c1cc(B)c2c(B)c(B)c(B)c(B)c2c1B. The van der Waals surface area contributed by atoms with Gasteiger partial charge in [-0.2, -0.15) is 0 Å². The van der Waals surface area contributed by atoms with E-state index in [4.69, 9.17) is 10.8 Å². The van der Waals surface area contributed by atoms with Crippen molar-refractivity contribution >= 4 is 419 Å². The summed E-state index contributed by atoms with van der Waals surface area (Å²) >= 11 is 0. The van der Waals surface area contributed by atoms with Crippen LogP contribution in [0.5, 0.6) is 0 Å². The molecule has 0 aliphatic rings. The highest BCUT2D eigenvalue weighted by Gasteiger charge is 2.31. The van der Waals surface area contributed by atoms with Crippen LogP contribution in [-0.2, 0) is 0 Å². The second-order valence-electron chi connectivity index (χ2n) is 24.5. The van der Waals surface area contributed by atoms with Gasteiger partial charge in [-0.05, 0) is 49.6 Å². The molecule has 0 radical (unpaired) electrons. The highest BCUT2D eigenvalue weighted by atomic mass is 16.3. The number of furan rings is 1. The van der Waals surface area contributed by atoms with Gasteiger partial charge in [0.25, 0.3) is 0 Å². The predicted octanol–water partition coefficient (Wildman–Crippen LogP) is -35.9. The van der Waals surface area contributed by atoms with E-state index in [0.717, 1.165) is 27.9 Å². The Morgan fingerprint density at radius 3 is 1.19 bits per heavy atom. The lowest BCUT2D eigenvalue weighted by Gasteiger charge is -2.36. The number of anilines is 2. The van der Waals surface area contributed by atoms with Gasteiger partial charge in [-0.1, -0.05) is 127 Å². The highest BCUT2D eigenvalue weighted by Crippen LogP contribution is 2.35. The minimum absolute atomic E-state index is 0.612. The summed E-state index contributed by atoms with van der Waals surface area (Å²) in [6.45, 7) is 0.612. The average Bonchev–Trinajstić information content (AvgIpc) is 3.93. The van der Waals surface area contributed by atoms with Crippen molar-refractivity contribution in [2.75, 3.05) is 11.4 Å². The van der Waals surface area contributed by atoms with Crippen LogP contribution in [0.4, 0.5) is 11.4 Å². The van der Waals surface area contributed by atoms with Crippen molar-refractivity contribution in [3.8, 4) is 34.6 Å². The Labute approximate surface area is 494 Å². The molecule has 0 amide bonds. The van der Waals surface area contributed by atoms with E-state index >= 15 is 0 Å². The Morgan fingerprint density at radius 2 is 0.705 bits per heavy atom. The van der Waals surface area contributed by atoms with Crippen LogP contribution in [0.2, 0.25) is 0 Å². The first-order chi connectivity index (χ1) is 36.3. The largest absolute Gasteiger partial charge is 0.455 e. The highest BCUT2D eigenvalue weighted by molar-refractivity contribution is 6.75. The minimum atomic E-state index is 0.612. The molecule has 1 heterocycles. The maximum absolute atomic E-state index is 7.51. The molecular weight excluding hydrogens is 908 g/mol. The number of hydrogen-bond acceptors (Lipinski definition) is 2. The fourth-order valence-electron chi connectivity index (χ4n) is 14.4. The summed E-state index contributed by atoms with van der Waals surface area (Å²) in [7, 11) is 67.1. The quantitative estimate of drug-likeness (QED) is 0.0857. The standard InChI is InChI=1S/C47H62B29NO/c1-2-6(48)9(5-3-7(49)10-11(18(5)51)22(55)33(66)32(65)21(10)54)19(52)8(50)4-77(45-42(75)38(71)29(62)17-16-28(61)36(69)40(73)43(76)46(16)78-47(17)45)44-30(63)15(27(60)37(70)41(44)74)13-20(53)12(23(56)31(64)24(13)57)14-25(58)34(67)39(72)35(68)26(14)59/h1,3H,4,48-76H2/b9-6+,19-8-. The summed E-state index contributed by atoms with van der Waals surface area (Å²) in [5.74, 6) is 3.16. The number of allylic oxidation sites excluding steroid dienone is 3. The van der Waals surface area contributed by atoms with Gasteiger partial charge in [-0.15, -0.1) is 44.7 Å². The molecule has 31 heteroatoms. The van der Waals surface area contributed by atoms with E-state index in [1.807, 2.05) is 0 Å². The first kappa shape index (κ1) is 59.4. The Balaban J connectivity index is 1.54. The maximum Gasteiger partial charge on any atom is 0.157 e. The molecule has 0 saturated heterocycles. The second-order valence-corrected chi connectivity index (χ2v) is 24.5. The van der Waals surface area contributed by atoms with Crippen LogP contribution in [0, 0.1) is 12.3 Å². The minimum Gasteiger partial charge on any atom is -0.455 e. The summed E-state index contributed by atoms with van der Waals surface area (Å²) in [6.07, 6.45) is 6.54. The molecule has 7 aromatic carbocycles. The molecule has 0 bridgehead atoms. The van der Waals surface area contributed by atoms with Gasteiger partial charge >= 0.3 is 0 Å². The van der Waals surface area contributed by atoms with Crippen molar-refractivity contribution in [1.82, 2.24) is 0 Å². The van der Waals surface area contributed by atoms with Crippen LogP contribution in [-0.4, -0.2) is 234 Å². The third-order valence-corrected chi connectivity index (χ3v) is 21.1. The van der Waals surface area contributed by atoms with Crippen molar-refractivity contribution in [1.29, 1.82) is 0 Å². The fourth-order valence-corrected chi connectivity index (χ4v) is 14.4. The van der Waals surface area contributed by atoms with Crippen LogP contribution >= 0.6 is 0 Å². The predicted molar refractivity (Wildman–Crippen MR) is 443 cm³/mol. The van der Waals surface area contributed by atoms with Gasteiger partial charge in [0.2, 0.25) is 0 Å². The summed E-state index contributed by atoms with van der Waals surface area (Å²) in [4.78, 5) is 2.67. The molecule has 1 aromatic heterocycles. The topological polar surface area (TPSA) is 16.4 Å². The molecule has 78 heavy (non-hydrogen) atoms. The van der Waals surface area contributed by atoms with Gasteiger partial charge in [0, 0.05) is 23.0 Å². The average molecular weight is 971 g/mol. The summed E-state index contributed by atoms with van der Waals surface area (Å²) in [5, 5.41) is 5.17. The van der Waals surface area contributed by atoms with Gasteiger partial charge < -0.3 is 9.32 Å². The van der Waals surface area contributed by atoms with Crippen molar-refractivity contribution in [3.63, 3.8) is 0 Å². The normalized spacial score (nSPS) is 12.2. The van der Waals surface area contributed by atoms with E-state index in [9.17, 15) is 0 Å². The first-order valence-electron chi connectivity index (χ1n) is 28.6. The van der Waals surface area contributed by atoms with Gasteiger partial charge in [0.1, 0.15) is 225 Å². The number of rotatable bonds is 8. The Morgan fingerprint density at radius 1 is 0.359 bits per heavy atom. The van der Waals surface area contributed by atoms with Gasteiger partial charge in [0.05, 0.1) is 5.69 Å². The Kier molecular flexibility index (Phi) is 16.3. The van der Waals surface area contributed by atoms with E-state index < -0.39 is 0 Å². The lowest BCUT2D eigenvalue weighted by atomic mass is 9.55. The Hall–Kier alpha value is -4.68.